The van der Waals surface area contributed by atoms with Crippen molar-refractivity contribution < 1.29 is 35.4 Å². The monoisotopic (exact) mass is 469 g/mol. The first-order valence-electron chi connectivity index (χ1n) is 8.02. The molecule has 160 valence electrons. The highest BCUT2D eigenvalue weighted by Crippen LogP contribution is 2.42. The van der Waals surface area contributed by atoms with Gasteiger partial charge >= 0.3 is 17.4 Å². The molecule has 0 saturated carbocycles. The molecule has 1 aromatic heterocycles. The third-order valence-corrected chi connectivity index (χ3v) is 6.02. The van der Waals surface area contributed by atoms with Crippen molar-refractivity contribution >= 4 is 29.9 Å². The van der Waals surface area contributed by atoms with Crippen LogP contribution < -0.4 is 10.4 Å². The first-order chi connectivity index (χ1) is 13.8. The van der Waals surface area contributed by atoms with Gasteiger partial charge in [0.15, 0.2) is 7.29 Å². The lowest BCUT2D eigenvalue weighted by Gasteiger charge is -2.18. The summed E-state index contributed by atoms with van der Waals surface area (Å²) in [6.45, 7) is 1.18. The number of benzene rings is 2. The number of hydrogen-bond acceptors (Lipinski definition) is 4. The van der Waals surface area contributed by atoms with Crippen LogP contribution in [0.25, 0.3) is 11.4 Å². The Balaban J connectivity index is 1.84. The van der Waals surface area contributed by atoms with Gasteiger partial charge in [-0.25, -0.2) is 4.39 Å². The molecule has 0 bridgehead atoms. The van der Waals surface area contributed by atoms with Crippen molar-refractivity contribution in [3.63, 3.8) is 0 Å². The van der Waals surface area contributed by atoms with Crippen molar-refractivity contribution in [3.8, 4) is 11.4 Å². The first-order valence-corrected chi connectivity index (χ1v) is 10.5. The van der Waals surface area contributed by atoms with Crippen LogP contribution in [-0.2, 0) is 16.1 Å². The lowest BCUT2D eigenvalue weighted by atomic mass is 10.2. The summed E-state index contributed by atoms with van der Waals surface area (Å²) in [5.74, 6) is -2.51. The van der Waals surface area contributed by atoms with Crippen LogP contribution >= 0.6 is 18.9 Å². The van der Waals surface area contributed by atoms with Crippen molar-refractivity contribution in [1.29, 1.82) is 0 Å². The van der Waals surface area contributed by atoms with E-state index >= 15 is 0 Å². The number of aromatic nitrogens is 2. The maximum absolute atomic E-state index is 14.6. The minimum atomic E-state index is -4.53. The van der Waals surface area contributed by atoms with Gasteiger partial charge in [-0.05, 0) is 48.0 Å². The molecular weight excluding hydrogens is 459 g/mol. The van der Waals surface area contributed by atoms with Gasteiger partial charge in [0.2, 0.25) is 5.82 Å². The van der Waals surface area contributed by atoms with E-state index in [0.29, 0.717) is 0 Å². The number of anilines is 1. The first kappa shape index (κ1) is 22.2. The molecule has 0 fully saturated rings. The number of nitrogens with one attached hydrogen (secondary N) is 1. The molecule has 3 aromatic rings. The molecular formula is C17H11ClF6N3O2P. The van der Waals surface area contributed by atoms with E-state index in [1.807, 2.05) is 0 Å². The Kier molecular flexibility index (Phi) is 5.64. The van der Waals surface area contributed by atoms with E-state index in [4.69, 9.17) is 11.6 Å². The summed E-state index contributed by atoms with van der Waals surface area (Å²) in [6, 6.07) is 6.93. The van der Waals surface area contributed by atoms with Crippen molar-refractivity contribution in [2.45, 2.75) is 11.6 Å². The minimum Gasteiger partial charge on any atom is -0.333 e. The average molecular weight is 470 g/mol. The molecule has 0 aliphatic heterocycles. The van der Waals surface area contributed by atoms with E-state index < -0.39 is 36.1 Å². The number of rotatable bonds is 5. The minimum absolute atomic E-state index is 0.0401. The fraction of sp³-hybridized carbons (Fsp3) is 0.176. The largest absolute Gasteiger partial charge is 0.416 e. The summed E-state index contributed by atoms with van der Waals surface area (Å²) in [7, 11) is -3.60. The third-order valence-electron chi connectivity index (χ3n) is 3.89. The van der Waals surface area contributed by atoms with E-state index in [1.165, 1.54) is 12.7 Å². The van der Waals surface area contributed by atoms with Crippen LogP contribution in [0.15, 0.2) is 47.0 Å². The van der Waals surface area contributed by atoms with Crippen LogP contribution in [0.3, 0.4) is 0 Å². The van der Waals surface area contributed by atoms with Crippen molar-refractivity contribution in [2.75, 3.05) is 11.8 Å². The predicted molar refractivity (Wildman–Crippen MR) is 97.7 cm³/mol. The maximum atomic E-state index is 14.6. The molecule has 0 aliphatic carbocycles. The summed E-state index contributed by atoms with van der Waals surface area (Å²) in [4.78, 5) is 3.38. The molecule has 1 heterocycles. The molecule has 30 heavy (non-hydrogen) atoms. The van der Waals surface area contributed by atoms with Crippen molar-refractivity contribution in [1.82, 2.24) is 10.1 Å². The molecule has 5 nitrogen and oxygen atoms in total. The maximum Gasteiger partial charge on any atom is 0.416 e. The van der Waals surface area contributed by atoms with Crippen LogP contribution in [-0.4, -0.2) is 16.8 Å². The Morgan fingerprint density at radius 3 is 2.20 bits per heavy atom. The standard InChI is InChI=1S/C17H11ClF6N3O2P/c1-30(28,27-11-5-3-10(4-6-11)17(22,23)24)13-7-2-9(8-12(13)19)14-25-15(29-26-14)16(18,20)21/h2-8H,1H3,(H,27,28). The zero-order valence-electron chi connectivity index (χ0n) is 14.8. The Morgan fingerprint density at radius 2 is 1.70 bits per heavy atom. The Hall–Kier alpha value is -2.52. The molecule has 13 heteroatoms. The van der Waals surface area contributed by atoms with Crippen LogP contribution in [0.2, 0.25) is 0 Å². The van der Waals surface area contributed by atoms with Crippen molar-refractivity contribution in [2.24, 2.45) is 0 Å². The number of nitrogens with zero attached hydrogens (tertiary/aromatic N) is 2. The normalized spacial score (nSPS) is 14.4. The molecule has 0 amide bonds. The topological polar surface area (TPSA) is 68.0 Å². The van der Waals surface area contributed by atoms with E-state index in [-0.39, 0.29) is 22.4 Å². The number of hydrogen-bond donors (Lipinski definition) is 1. The lowest BCUT2D eigenvalue weighted by Crippen LogP contribution is -2.15. The molecule has 3 rings (SSSR count). The molecule has 2 aromatic carbocycles. The summed E-state index contributed by atoms with van der Waals surface area (Å²) in [5, 5.41) is 1.65. The molecule has 1 N–H and O–H groups in total. The summed E-state index contributed by atoms with van der Waals surface area (Å²) in [5.41, 5.74) is -0.845. The highest BCUT2D eigenvalue weighted by atomic mass is 35.5. The highest BCUT2D eigenvalue weighted by Gasteiger charge is 2.36. The quantitative estimate of drug-likeness (QED) is 0.289. The van der Waals surface area contributed by atoms with Crippen LogP contribution in [0.1, 0.15) is 11.5 Å². The molecule has 0 radical (unpaired) electrons. The van der Waals surface area contributed by atoms with Gasteiger partial charge in [-0.3, -0.25) is 4.57 Å². The summed E-state index contributed by atoms with van der Waals surface area (Å²) < 4.78 is 95.7. The molecule has 1 atom stereocenters. The highest BCUT2D eigenvalue weighted by molar-refractivity contribution is 7.72. The van der Waals surface area contributed by atoms with Crippen molar-refractivity contribution in [3.05, 3.63) is 59.7 Å². The Labute approximate surface area is 170 Å². The second kappa shape index (κ2) is 7.63. The van der Waals surface area contributed by atoms with Gasteiger partial charge in [0.25, 0.3) is 0 Å². The number of halogens is 7. The SMILES string of the molecule is CP(=O)(Nc1ccc(C(F)(F)F)cc1)c1ccc(-c2noc(C(F)(F)Cl)n2)cc1F. The van der Waals surface area contributed by atoms with Gasteiger partial charge in [0, 0.05) is 17.9 Å². The van der Waals surface area contributed by atoms with Crippen LogP contribution in [0, 0.1) is 5.82 Å². The number of alkyl halides is 6. The smallest absolute Gasteiger partial charge is 0.333 e. The van der Waals surface area contributed by atoms with Gasteiger partial charge in [0.1, 0.15) is 5.82 Å². The Morgan fingerprint density at radius 1 is 1.07 bits per heavy atom. The zero-order chi connectivity index (χ0) is 22.3. The fourth-order valence-corrected chi connectivity index (χ4v) is 4.16. The predicted octanol–water partition coefficient (Wildman–Crippen LogP) is 5.83. The van der Waals surface area contributed by atoms with E-state index in [2.05, 4.69) is 19.8 Å². The second-order valence-corrected chi connectivity index (χ2v) is 9.23. The fourth-order valence-electron chi connectivity index (χ4n) is 2.49. The average Bonchev–Trinajstić information content (AvgIpc) is 3.11. The molecule has 0 saturated heterocycles. The van der Waals surface area contributed by atoms with Gasteiger partial charge in [-0.2, -0.15) is 26.9 Å². The van der Waals surface area contributed by atoms with Gasteiger partial charge < -0.3 is 9.61 Å². The summed E-state index contributed by atoms with van der Waals surface area (Å²) in [6.07, 6.45) is -4.53. The Bertz CT molecular complexity index is 1110. The zero-order valence-corrected chi connectivity index (χ0v) is 16.5. The van der Waals surface area contributed by atoms with Gasteiger partial charge in [-0.15, -0.1) is 0 Å². The van der Waals surface area contributed by atoms with E-state index in [1.54, 1.807) is 0 Å². The van der Waals surface area contributed by atoms with Gasteiger partial charge in [-0.1, -0.05) is 11.2 Å². The third kappa shape index (κ3) is 4.79. The molecule has 0 aliphatic rings. The van der Waals surface area contributed by atoms with E-state index in [0.717, 1.165) is 36.4 Å². The second-order valence-electron chi connectivity index (χ2n) is 6.20. The molecule has 1 unspecified atom stereocenters. The van der Waals surface area contributed by atoms with Crippen LogP contribution in [0.5, 0.6) is 0 Å². The lowest BCUT2D eigenvalue weighted by molar-refractivity contribution is -0.137. The van der Waals surface area contributed by atoms with Crippen LogP contribution in [0.4, 0.5) is 32.0 Å². The van der Waals surface area contributed by atoms with E-state index in [9.17, 15) is 30.9 Å². The summed E-state index contributed by atoms with van der Waals surface area (Å²) >= 11 is 4.78. The van der Waals surface area contributed by atoms with Gasteiger partial charge in [0.05, 0.1) is 10.9 Å². The molecule has 0 spiro atoms.